The molecule has 0 unspecified atom stereocenters. The van der Waals surface area contributed by atoms with Crippen molar-refractivity contribution in [3.05, 3.63) is 88.6 Å². The number of halogens is 1. The Kier molecular flexibility index (Phi) is 6.75. The molecule has 1 heterocycles. The number of nitrogens with zero attached hydrogens (tertiary/aromatic N) is 1. The van der Waals surface area contributed by atoms with Gasteiger partial charge in [-0.15, -0.1) is 0 Å². The highest BCUT2D eigenvalue weighted by atomic mass is 35.5. The van der Waals surface area contributed by atoms with Crippen LogP contribution in [0.25, 0.3) is 0 Å². The Morgan fingerprint density at radius 3 is 2.29 bits per heavy atom. The minimum Gasteiger partial charge on any atom is -0.497 e. The number of rotatable bonds is 7. The molecule has 0 spiro atoms. The highest BCUT2D eigenvalue weighted by Gasteiger charge is 2.40. The normalized spacial score (nSPS) is 13.2. The maximum Gasteiger partial charge on any atom is 0.283 e. The van der Waals surface area contributed by atoms with Gasteiger partial charge in [0.25, 0.3) is 17.7 Å². The van der Waals surface area contributed by atoms with Crippen LogP contribution in [0.1, 0.15) is 15.9 Å². The Labute approximate surface area is 207 Å². The van der Waals surface area contributed by atoms with Crippen LogP contribution < -0.4 is 25.0 Å². The third kappa shape index (κ3) is 4.69. The molecular weight excluding hydrogens is 470 g/mol. The van der Waals surface area contributed by atoms with Crippen molar-refractivity contribution in [1.82, 2.24) is 0 Å². The van der Waals surface area contributed by atoms with E-state index in [0.717, 1.165) is 16.2 Å². The second-order valence-corrected chi connectivity index (χ2v) is 8.02. The monoisotopic (exact) mass is 491 g/mol. The first-order chi connectivity index (χ1) is 16.8. The predicted octanol–water partition coefficient (Wildman–Crippen LogP) is 4.70. The van der Waals surface area contributed by atoms with Crippen molar-refractivity contribution in [3.8, 4) is 11.5 Å². The van der Waals surface area contributed by atoms with Crippen LogP contribution in [0.4, 0.5) is 17.1 Å². The van der Waals surface area contributed by atoms with Gasteiger partial charge in [-0.05, 0) is 55.0 Å². The number of nitrogens with one attached hydrogen (secondary N) is 2. The van der Waals surface area contributed by atoms with Crippen LogP contribution in [0.3, 0.4) is 0 Å². The van der Waals surface area contributed by atoms with Crippen molar-refractivity contribution in [2.75, 3.05) is 29.8 Å². The summed E-state index contributed by atoms with van der Waals surface area (Å²) in [6, 6.07) is 18.7. The van der Waals surface area contributed by atoms with Crippen molar-refractivity contribution in [2.24, 2.45) is 0 Å². The molecule has 35 heavy (non-hydrogen) atoms. The highest BCUT2D eigenvalue weighted by Crippen LogP contribution is 2.37. The Morgan fingerprint density at radius 2 is 1.63 bits per heavy atom. The zero-order valence-corrected chi connectivity index (χ0v) is 20.0. The van der Waals surface area contributed by atoms with Crippen molar-refractivity contribution in [2.45, 2.75) is 6.92 Å². The van der Waals surface area contributed by atoms with Crippen LogP contribution in [-0.4, -0.2) is 31.9 Å². The molecular formula is C26H22ClN3O5. The van der Waals surface area contributed by atoms with Crippen molar-refractivity contribution in [3.63, 3.8) is 0 Å². The van der Waals surface area contributed by atoms with Crippen LogP contribution >= 0.6 is 11.6 Å². The number of amides is 3. The van der Waals surface area contributed by atoms with Gasteiger partial charge in [-0.3, -0.25) is 14.4 Å². The largest absolute Gasteiger partial charge is 0.497 e. The number of methoxy groups -OCH3 is 2. The maximum absolute atomic E-state index is 13.1. The predicted molar refractivity (Wildman–Crippen MR) is 134 cm³/mol. The molecule has 0 fully saturated rings. The number of benzene rings is 3. The Balaban J connectivity index is 1.51. The van der Waals surface area contributed by atoms with Crippen molar-refractivity contribution < 1.29 is 23.9 Å². The minimum atomic E-state index is -0.683. The second kappa shape index (κ2) is 9.90. The molecule has 3 aromatic rings. The molecule has 1 aliphatic rings. The van der Waals surface area contributed by atoms with Crippen molar-refractivity contribution >= 4 is 46.4 Å². The minimum absolute atomic E-state index is 0.0772. The van der Waals surface area contributed by atoms with Gasteiger partial charge in [0.2, 0.25) is 0 Å². The third-order valence-corrected chi connectivity index (χ3v) is 5.82. The Hall–Kier alpha value is -4.30. The van der Waals surface area contributed by atoms with Crippen molar-refractivity contribution in [1.29, 1.82) is 0 Å². The number of carbonyl (C=O) groups excluding carboxylic acids is 3. The summed E-state index contributed by atoms with van der Waals surface area (Å²) in [4.78, 5) is 39.5. The summed E-state index contributed by atoms with van der Waals surface area (Å²) in [6.45, 7) is 1.91. The van der Waals surface area contributed by atoms with E-state index in [1.54, 1.807) is 42.5 Å². The van der Waals surface area contributed by atoms with Crippen LogP contribution in [0.15, 0.2) is 77.5 Å². The van der Waals surface area contributed by atoms with E-state index < -0.39 is 11.8 Å². The lowest BCUT2D eigenvalue weighted by Gasteiger charge is -2.18. The molecule has 0 atom stereocenters. The molecule has 8 nitrogen and oxygen atoms in total. The summed E-state index contributed by atoms with van der Waals surface area (Å²) >= 11 is 6.23. The lowest BCUT2D eigenvalue weighted by molar-refractivity contribution is -0.120. The van der Waals surface area contributed by atoms with E-state index in [1.807, 2.05) is 31.2 Å². The summed E-state index contributed by atoms with van der Waals surface area (Å²) in [7, 11) is 2.92. The van der Waals surface area contributed by atoms with Gasteiger partial charge < -0.3 is 20.1 Å². The van der Waals surface area contributed by atoms with E-state index >= 15 is 0 Å². The first-order valence-electron chi connectivity index (χ1n) is 10.6. The SMILES string of the molecule is COc1ccc(N2C(=O)C(Cl)=C(Nc3ccc(C(=O)Nc4ccccc4C)cc3)C2=O)c(OC)c1. The average molecular weight is 492 g/mol. The fourth-order valence-corrected chi connectivity index (χ4v) is 3.77. The summed E-state index contributed by atoms with van der Waals surface area (Å²) in [5.74, 6) is -0.802. The number of hydrogen-bond donors (Lipinski definition) is 2. The van der Waals surface area contributed by atoms with Gasteiger partial charge in [0.15, 0.2) is 0 Å². The molecule has 0 aromatic heterocycles. The molecule has 178 valence electrons. The molecule has 0 aliphatic carbocycles. The number of ether oxygens (including phenoxy) is 2. The van der Waals surface area contributed by atoms with Crippen LogP contribution in [0.5, 0.6) is 11.5 Å². The number of anilines is 3. The molecule has 1 aliphatic heterocycles. The number of aryl methyl sites for hydroxylation is 1. The zero-order chi connectivity index (χ0) is 25.1. The summed E-state index contributed by atoms with van der Waals surface area (Å²) < 4.78 is 10.5. The Morgan fingerprint density at radius 1 is 0.914 bits per heavy atom. The lowest BCUT2D eigenvalue weighted by atomic mass is 10.1. The van der Waals surface area contributed by atoms with E-state index in [4.69, 9.17) is 21.1 Å². The first kappa shape index (κ1) is 23.8. The highest BCUT2D eigenvalue weighted by molar-refractivity contribution is 6.53. The number of carbonyl (C=O) groups is 3. The van der Waals surface area contributed by atoms with Gasteiger partial charge in [0.1, 0.15) is 22.2 Å². The third-order valence-electron chi connectivity index (χ3n) is 5.46. The van der Waals surface area contributed by atoms with Gasteiger partial charge in [0.05, 0.1) is 19.9 Å². The maximum atomic E-state index is 13.1. The van der Waals surface area contributed by atoms with Gasteiger partial charge >= 0.3 is 0 Å². The second-order valence-electron chi connectivity index (χ2n) is 7.64. The summed E-state index contributed by atoms with van der Waals surface area (Å²) in [5, 5.41) is 5.50. The van der Waals surface area contributed by atoms with E-state index in [-0.39, 0.29) is 28.1 Å². The molecule has 0 saturated carbocycles. The van der Waals surface area contributed by atoms with Gasteiger partial charge in [-0.1, -0.05) is 29.8 Å². The topological polar surface area (TPSA) is 97.0 Å². The summed E-state index contributed by atoms with van der Waals surface area (Å²) in [5.41, 5.74) is 2.74. The van der Waals surface area contributed by atoms with E-state index in [0.29, 0.717) is 17.0 Å². The smallest absolute Gasteiger partial charge is 0.283 e. The zero-order valence-electron chi connectivity index (χ0n) is 19.2. The van der Waals surface area contributed by atoms with E-state index in [2.05, 4.69) is 10.6 Å². The summed E-state index contributed by atoms with van der Waals surface area (Å²) in [6.07, 6.45) is 0. The quantitative estimate of drug-likeness (QED) is 0.465. The van der Waals surface area contributed by atoms with E-state index in [9.17, 15) is 14.4 Å². The van der Waals surface area contributed by atoms with Gasteiger partial charge in [-0.25, -0.2) is 4.90 Å². The standard InChI is InChI=1S/C26H22ClN3O5/c1-15-6-4-5-7-19(15)29-24(31)16-8-10-17(11-9-16)28-23-22(27)25(32)30(26(23)33)20-13-12-18(34-2)14-21(20)35-3/h4-14,28H,1-3H3,(H,29,31). The molecule has 0 saturated heterocycles. The number of imide groups is 1. The van der Waals surface area contributed by atoms with Crippen LogP contribution in [0, 0.1) is 6.92 Å². The first-order valence-corrected chi connectivity index (χ1v) is 11.0. The Bertz CT molecular complexity index is 1350. The molecule has 3 amide bonds. The van der Waals surface area contributed by atoms with Gasteiger partial charge in [-0.2, -0.15) is 0 Å². The molecule has 9 heteroatoms. The fraction of sp³-hybridized carbons (Fsp3) is 0.115. The molecule has 2 N–H and O–H groups in total. The van der Waals surface area contributed by atoms with E-state index in [1.165, 1.54) is 14.2 Å². The molecule has 0 bridgehead atoms. The molecule has 3 aromatic carbocycles. The molecule has 0 radical (unpaired) electrons. The van der Waals surface area contributed by atoms with Gasteiger partial charge in [0, 0.05) is 23.0 Å². The average Bonchev–Trinajstić information content (AvgIpc) is 3.08. The fourth-order valence-electron chi connectivity index (χ4n) is 3.56. The lowest BCUT2D eigenvalue weighted by Crippen LogP contribution is -2.32. The van der Waals surface area contributed by atoms with Crippen LogP contribution in [-0.2, 0) is 9.59 Å². The molecule has 4 rings (SSSR count). The van der Waals surface area contributed by atoms with Crippen LogP contribution in [0.2, 0.25) is 0 Å². The number of hydrogen-bond acceptors (Lipinski definition) is 6. The number of para-hydroxylation sites is 1.